The maximum absolute atomic E-state index is 13.2. The molecule has 0 amide bonds. The van der Waals surface area contributed by atoms with Crippen LogP contribution < -0.4 is 0 Å². The summed E-state index contributed by atoms with van der Waals surface area (Å²) in [5.74, 6) is -2.32. The predicted octanol–water partition coefficient (Wildman–Crippen LogP) is 12.0. The highest BCUT2D eigenvalue weighted by molar-refractivity contribution is 6.41. The van der Waals surface area contributed by atoms with Crippen molar-refractivity contribution in [2.24, 2.45) is 5.92 Å². The molecule has 1 aliphatic carbocycles. The summed E-state index contributed by atoms with van der Waals surface area (Å²) in [7, 11) is 0. The normalized spacial score (nSPS) is 15.4. The van der Waals surface area contributed by atoms with E-state index in [0.29, 0.717) is 12.8 Å². The van der Waals surface area contributed by atoms with Crippen molar-refractivity contribution in [1.82, 2.24) is 0 Å². The third-order valence-electron chi connectivity index (χ3n) is 8.41. The molecule has 1 saturated carbocycles. The van der Waals surface area contributed by atoms with E-state index >= 15 is 0 Å². The maximum Gasteiger partial charge on any atom is 0.317 e. The molecule has 258 valence electrons. The lowest BCUT2D eigenvalue weighted by Gasteiger charge is -2.24. The largest absolute Gasteiger partial charge is 0.462 e. The molecule has 1 rings (SSSR count). The first-order valence-corrected chi connectivity index (χ1v) is 18.8. The van der Waals surface area contributed by atoms with E-state index in [9.17, 15) is 14.4 Å². The molecule has 46 heavy (non-hydrogen) atoms. The standard InChI is InChI=1S/C42H66O4/c1-3-5-7-9-11-13-15-17-19-21-23-25-27-32-36-39(42(45)46-38-34-30-29-31-35-38)41(44)40(43)37-33-28-26-24-22-20-18-16-14-12-10-8-6-4-2/h5-8,11-14,17-20,38-39H,3-4,9-10,15-16,21-37H2,1-2H3/b7-5-,8-6-,13-11-,14-12-,19-17-,20-18-. The molecule has 0 spiro atoms. The van der Waals surface area contributed by atoms with Gasteiger partial charge in [0.05, 0.1) is 0 Å². The summed E-state index contributed by atoms with van der Waals surface area (Å²) in [5.41, 5.74) is 0. The molecule has 1 unspecified atom stereocenters. The molecule has 4 nitrogen and oxygen atoms in total. The van der Waals surface area contributed by atoms with Gasteiger partial charge in [-0.3, -0.25) is 14.4 Å². The summed E-state index contributed by atoms with van der Waals surface area (Å²) >= 11 is 0. The Kier molecular flexibility index (Phi) is 27.7. The van der Waals surface area contributed by atoms with Crippen molar-refractivity contribution < 1.29 is 19.1 Å². The molecule has 0 bridgehead atoms. The molecule has 0 aromatic rings. The molecule has 0 N–H and O–H groups in total. The van der Waals surface area contributed by atoms with Crippen molar-refractivity contribution in [3.63, 3.8) is 0 Å². The highest BCUT2D eigenvalue weighted by Crippen LogP contribution is 2.24. The molecule has 4 heteroatoms. The molecule has 1 fully saturated rings. The van der Waals surface area contributed by atoms with Gasteiger partial charge in [-0.25, -0.2) is 0 Å². The van der Waals surface area contributed by atoms with Crippen LogP contribution in [0, 0.1) is 5.92 Å². The first kappa shape index (κ1) is 41.3. The van der Waals surface area contributed by atoms with E-state index in [1.807, 2.05) is 0 Å². The highest BCUT2D eigenvalue weighted by Gasteiger charge is 2.33. The maximum atomic E-state index is 13.2. The zero-order valence-corrected chi connectivity index (χ0v) is 29.5. The third-order valence-corrected chi connectivity index (χ3v) is 8.41. The smallest absolute Gasteiger partial charge is 0.317 e. The minimum Gasteiger partial charge on any atom is -0.462 e. The Balaban J connectivity index is 2.35. The number of hydrogen-bond donors (Lipinski definition) is 0. The van der Waals surface area contributed by atoms with Crippen molar-refractivity contribution in [1.29, 1.82) is 0 Å². The van der Waals surface area contributed by atoms with Crippen LogP contribution in [0.4, 0.5) is 0 Å². The van der Waals surface area contributed by atoms with Gasteiger partial charge >= 0.3 is 5.97 Å². The summed E-state index contributed by atoms with van der Waals surface area (Å²) in [6.45, 7) is 4.29. The molecule has 0 radical (unpaired) electrons. The number of esters is 1. The van der Waals surface area contributed by atoms with Crippen molar-refractivity contribution >= 4 is 17.5 Å². The van der Waals surface area contributed by atoms with Crippen LogP contribution in [0.25, 0.3) is 0 Å². The first-order chi connectivity index (χ1) is 22.6. The zero-order valence-electron chi connectivity index (χ0n) is 29.5. The summed E-state index contributed by atoms with van der Waals surface area (Å²) in [4.78, 5) is 39.1. The molecule has 0 saturated heterocycles. The second kappa shape index (κ2) is 30.9. The van der Waals surface area contributed by atoms with Crippen molar-refractivity contribution in [3.05, 3.63) is 72.9 Å². The molecule has 0 heterocycles. The van der Waals surface area contributed by atoms with Crippen LogP contribution in [0.5, 0.6) is 0 Å². The molecule has 0 aromatic carbocycles. The number of Topliss-reactive ketones (excluding diaryl/α,β-unsaturated/α-hetero) is 2. The average Bonchev–Trinajstić information content (AvgIpc) is 3.06. The molecule has 0 aliphatic heterocycles. The Morgan fingerprint density at radius 1 is 0.565 bits per heavy atom. The van der Waals surface area contributed by atoms with Gasteiger partial charge in [-0.05, 0) is 103 Å². The van der Waals surface area contributed by atoms with Gasteiger partial charge in [-0.15, -0.1) is 0 Å². The average molecular weight is 635 g/mol. The lowest BCUT2D eigenvalue weighted by molar-refractivity contribution is -0.160. The Hall–Kier alpha value is -2.75. The minimum atomic E-state index is -0.935. The van der Waals surface area contributed by atoms with Crippen LogP contribution in [-0.4, -0.2) is 23.6 Å². The van der Waals surface area contributed by atoms with Crippen molar-refractivity contribution in [2.75, 3.05) is 0 Å². The number of unbranched alkanes of at least 4 members (excludes halogenated alkanes) is 8. The summed E-state index contributed by atoms with van der Waals surface area (Å²) < 4.78 is 5.78. The van der Waals surface area contributed by atoms with E-state index in [-0.39, 0.29) is 12.5 Å². The van der Waals surface area contributed by atoms with Crippen molar-refractivity contribution in [3.8, 4) is 0 Å². The molecule has 0 aromatic heterocycles. The second-order valence-electron chi connectivity index (χ2n) is 12.6. The van der Waals surface area contributed by atoms with Gasteiger partial charge in [0, 0.05) is 6.42 Å². The summed E-state index contributed by atoms with van der Waals surface area (Å²) in [5, 5.41) is 0. The van der Waals surface area contributed by atoms with E-state index in [0.717, 1.165) is 122 Å². The van der Waals surface area contributed by atoms with E-state index in [1.165, 1.54) is 6.42 Å². The fourth-order valence-electron chi connectivity index (χ4n) is 5.62. The lowest BCUT2D eigenvalue weighted by Crippen LogP contribution is -2.34. The third kappa shape index (κ3) is 23.6. The number of allylic oxidation sites excluding steroid dienone is 12. The summed E-state index contributed by atoms with van der Waals surface area (Å²) in [6, 6.07) is 0. The van der Waals surface area contributed by atoms with Gasteiger partial charge in [0.1, 0.15) is 12.0 Å². The topological polar surface area (TPSA) is 60.4 Å². The number of ketones is 2. The first-order valence-electron chi connectivity index (χ1n) is 18.8. The number of rotatable bonds is 28. The van der Waals surface area contributed by atoms with Crippen LogP contribution in [0.1, 0.15) is 162 Å². The van der Waals surface area contributed by atoms with Crippen LogP contribution in [0.15, 0.2) is 72.9 Å². The van der Waals surface area contributed by atoms with Crippen molar-refractivity contribution in [2.45, 2.75) is 168 Å². The van der Waals surface area contributed by atoms with Gasteiger partial charge in [0.15, 0.2) is 5.78 Å². The SMILES string of the molecule is CC/C=C\C/C=C\C/C=C\CCCCCCC(=O)C(=O)C(CCCCCC/C=C\C/C=C\C/C=C\CC)C(=O)OC1CCCCC1. The van der Waals surface area contributed by atoms with Crippen LogP contribution in [0.3, 0.4) is 0 Å². The molecular formula is C42H66O4. The number of ether oxygens (including phenoxy) is 1. The zero-order chi connectivity index (χ0) is 33.3. The predicted molar refractivity (Wildman–Crippen MR) is 196 cm³/mol. The van der Waals surface area contributed by atoms with Gasteiger partial charge < -0.3 is 4.74 Å². The van der Waals surface area contributed by atoms with Gasteiger partial charge in [-0.2, -0.15) is 0 Å². The van der Waals surface area contributed by atoms with E-state index in [4.69, 9.17) is 4.74 Å². The highest BCUT2D eigenvalue weighted by atomic mass is 16.5. The van der Waals surface area contributed by atoms with Crippen LogP contribution in [-0.2, 0) is 19.1 Å². The summed E-state index contributed by atoms with van der Waals surface area (Å²) in [6.07, 6.45) is 47.8. The van der Waals surface area contributed by atoms with Gasteiger partial charge in [0.25, 0.3) is 0 Å². The van der Waals surface area contributed by atoms with Crippen LogP contribution >= 0.6 is 0 Å². The molecule has 1 aliphatic rings. The van der Waals surface area contributed by atoms with E-state index < -0.39 is 23.5 Å². The van der Waals surface area contributed by atoms with Gasteiger partial charge in [0.2, 0.25) is 5.78 Å². The quantitative estimate of drug-likeness (QED) is 0.0282. The molecular weight excluding hydrogens is 568 g/mol. The lowest BCUT2D eigenvalue weighted by atomic mass is 9.91. The van der Waals surface area contributed by atoms with E-state index in [2.05, 4.69) is 86.8 Å². The Labute approximate surface area is 282 Å². The van der Waals surface area contributed by atoms with Crippen LogP contribution in [0.2, 0.25) is 0 Å². The minimum absolute atomic E-state index is 0.103. The molecule has 1 atom stereocenters. The fourth-order valence-corrected chi connectivity index (χ4v) is 5.62. The number of carbonyl (C=O) groups is 3. The Morgan fingerprint density at radius 3 is 1.54 bits per heavy atom. The fraction of sp³-hybridized carbons (Fsp3) is 0.643. The Morgan fingerprint density at radius 2 is 1.02 bits per heavy atom. The van der Waals surface area contributed by atoms with Gasteiger partial charge in [-0.1, -0.05) is 125 Å². The second-order valence-corrected chi connectivity index (χ2v) is 12.6. The van der Waals surface area contributed by atoms with E-state index in [1.54, 1.807) is 0 Å². The number of carbonyl (C=O) groups excluding carboxylic acids is 3. The Bertz CT molecular complexity index is 958. The number of hydrogen-bond acceptors (Lipinski definition) is 4. The monoisotopic (exact) mass is 634 g/mol.